The van der Waals surface area contributed by atoms with Crippen LogP contribution < -0.4 is 15.4 Å². The molecule has 1 aromatic heterocycles. The molecule has 4 rings (SSSR count). The Balaban J connectivity index is 1.35. The molecule has 172 valence electrons. The Kier molecular flexibility index (Phi) is 6.79. The van der Waals surface area contributed by atoms with Crippen LogP contribution in [0.5, 0.6) is 5.75 Å². The van der Waals surface area contributed by atoms with Gasteiger partial charge in [-0.25, -0.2) is 4.68 Å². The third kappa shape index (κ3) is 5.12. The highest BCUT2D eigenvalue weighted by atomic mass is 16.5. The van der Waals surface area contributed by atoms with E-state index in [4.69, 9.17) is 9.47 Å². The van der Waals surface area contributed by atoms with E-state index in [0.29, 0.717) is 25.5 Å². The molecule has 0 unspecified atom stereocenters. The number of para-hydroxylation sites is 1. The van der Waals surface area contributed by atoms with Gasteiger partial charge in [0.1, 0.15) is 17.2 Å². The average Bonchev–Trinajstić information content (AvgIpc) is 3.11. The van der Waals surface area contributed by atoms with Gasteiger partial charge in [-0.15, -0.1) is 0 Å². The van der Waals surface area contributed by atoms with Crippen molar-refractivity contribution in [1.82, 2.24) is 15.1 Å². The Hall–Kier alpha value is -2.87. The first-order valence-electron chi connectivity index (χ1n) is 11.5. The number of fused-ring (bicyclic) bond motifs is 1. The monoisotopic (exact) mass is 440 g/mol. The zero-order valence-corrected chi connectivity index (χ0v) is 18.9. The van der Waals surface area contributed by atoms with Crippen LogP contribution in [-0.4, -0.2) is 40.4 Å². The van der Waals surface area contributed by atoms with Crippen LogP contribution in [-0.2, 0) is 20.9 Å². The Morgan fingerprint density at radius 1 is 1.19 bits per heavy atom. The third-order valence-corrected chi connectivity index (χ3v) is 6.12. The smallest absolute Gasteiger partial charge is 0.226 e. The first-order valence-corrected chi connectivity index (χ1v) is 11.5. The summed E-state index contributed by atoms with van der Waals surface area (Å²) in [5.74, 6) is 1.17. The quantitative estimate of drug-likeness (QED) is 0.687. The molecule has 2 aliphatic heterocycles. The second-order valence-corrected chi connectivity index (χ2v) is 8.70. The van der Waals surface area contributed by atoms with Crippen LogP contribution in [0, 0.1) is 6.92 Å². The molecule has 3 heterocycles. The zero-order chi connectivity index (χ0) is 22.6. The molecule has 2 amide bonds. The Labute approximate surface area is 188 Å². The molecule has 1 atom stereocenters. The van der Waals surface area contributed by atoms with Crippen LogP contribution in [0.15, 0.2) is 30.3 Å². The molecule has 32 heavy (non-hydrogen) atoms. The lowest BCUT2D eigenvalue weighted by Crippen LogP contribution is -2.48. The highest BCUT2D eigenvalue weighted by Crippen LogP contribution is 2.43. The number of aromatic nitrogens is 2. The van der Waals surface area contributed by atoms with E-state index >= 15 is 0 Å². The van der Waals surface area contributed by atoms with Crippen LogP contribution in [0.25, 0.3) is 0 Å². The largest absolute Gasteiger partial charge is 0.487 e. The Morgan fingerprint density at radius 2 is 1.94 bits per heavy atom. The molecule has 8 nitrogen and oxygen atoms in total. The van der Waals surface area contributed by atoms with Crippen molar-refractivity contribution in [1.29, 1.82) is 0 Å². The summed E-state index contributed by atoms with van der Waals surface area (Å²) in [7, 11) is 0. The number of ether oxygens (including phenoxy) is 2. The maximum Gasteiger partial charge on any atom is 0.226 e. The van der Waals surface area contributed by atoms with Gasteiger partial charge >= 0.3 is 0 Å². The van der Waals surface area contributed by atoms with Gasteiger partial charge in [-0.05, 0) is 19.4 Å². The van der Waals surface area contributed by atoms with E-state index in [2.05, 4.69) is 22.7 Å². The lowest BCUT2D eigenvalue weighted by molar-refractivity contribution is -0.126. The molecule has 1 saturated heterocycles. The predicted octanol–water partition coefficient (Wildman–Crippen LogP) is 3.51. The normalized spacial score (nSPS) is 19.1. The Bertz CT molecular complexity index is 965. The summed E-state index contributed by atoms with van der Waals surface area (Å²) in [4.78, 5) is 25.2. The van der Waals surface area contributed by atoms with Crippen molar-refractivity contribution in [2.45, 2.75) is 70.6 Å². The molecule has 8 heteroatoms. The average molecular weight is 441 g/mol. The highest BCUT2D eigenvalue weighted by molar-refractivity contribution is 5.92. The van der Waals surface area contributed by atoms with E-state index in [-0.39, 0.29) is 36.3 Å². The summed E-state index contributed by atoms with van der Waals surface area (Å²) in [6.07, 6.45) is 3.49. The lowest BCUT2D eigenvalue weighted by atomic mass is 9.82. The van der Waals surface area contributed by atoms with Crippen molar-refractivity contribution in [3.8, 4) is 5.75 Å². The SMILES string of the molecule is CCCn1nc(C)cc1NC(=O)CCC(=O)N[C@@H]1CC2(CCOCC2)Oc2ccccc21. The lowest BCUT2D eigenvalue weighted by Gasteiger charge is -2.44. The first-order chi connectivity index (χ1) is 15.5. The van der Waals surface area contributed by atoms with Crippen LogP contribution in [0.2, 0.25) is 0 Å². The summed E-state index contributed by atoms with van der Waals surface area (Å²) in [5.41, 5.74) is 1.53. The number of carbonyl (C=O) groups is 2. The maximum atomic E-state index is 12.7. The number of rotatable bonds is 7. The number of nitrogens with zero attached hydrogens (tertiary/aromatic N) is 2. The highest BCUT2D eigenvalue weighted by Gasteiger charge is 2.42. The molecule has 2 N–H and O–H groups in total. The van der Waals surface area contributed by atoms with E-state index < -0.39 is 0 Å². The number of hydrogen-bond acceptors (Lipinski definition) is 5. The molecular formula is C24H32N4O4. The van der Waals surface area contributed by atoms with Gasteiger partial charge in [0.25, 0.3) is 0 Å². The van der Waals surface area contributed by atoms with Crippen molar-refractivity contribution < 1.29 is 19.1 Å². The van der Waals surface area contributed by atoms with E-state index in [1.54, 1.807) is 4.68 Å². The fourth-order valence-electron chi connectivity index (χ4n) is 4.52. The van der Waals surface area contributed by atoms with Gasteiger partial charge in [0.2, 0.25) is 11.8 Å². The van der Waals surface area contributed by atoms with Crippen molar-refractivity contribution in [3.63, 3.8) is 0 Å². The molecule has 1 spiro atoms. The maximum absolute atomic E-state index is 12.7. The molecule has 2 aliphatic rings. The van der Waals surface area contributed by atoms with E-state index in [9.17, 15) is 9.59 Å². The molecule has 0 bridgehead atoms. The zero-order valence-electron chi connectivity index (χ0n) is 18.9. The summed E-state index contributed by atoms with van der Waals surface area (Å²) >= 11 is 0. The van der Waals surface area contributed by atoms with Gasteiger partial charge in [0.05, 0.1) is 24.9 Å². The third-order valence-electron chi connectivity index (χ3n) is 6.12. The summed E-state index contributed by atoms with van der Waals surface area (Å²) < 4.78 is 13.7. The van der Waals surface area contributed by atoms with Gasteiger partial charge in [-0.2, -0.15) is 5.10 Å². The fraction of sp³-hybridized carbons (Fsp3) is 0.542. The minimum absolute atomic E-state index is 0.117. The van der Waals surface area contributed by atoms with Gasteiger partial charge in [-0.1, -0.05) is 25.1 Å². The topological polar surface area (TPSA) is 94.5 Å². The van der Waals surface area contributed by atoms with Crippen LogP contribution in [0.1, 0.15) is 62.7 Å². The second-order valence-electron chi connectivity index (χ2n) is 8.70. The van der Waals surface area contributed by atoms with E-state index in [1.807, 2.05) is 37.3 Å². The number of benzene rings is 1. The number of nitrogens with one attached hydrogen (secondary N) is 2. The number of carbonyl (C=O) groups excluding carboxylic acids is 2. The molecule has 1 fully saturated rings. The van der Waals surface area contributed by atoms with Crippen molar-refractivity contribution >= 4 is 17.6 Å². The number of hydrogen-bond donors (Lipinski definition) is 2. The van der Waals surface area contributed by atoms with Gasteiger partial charge in [0.15, 0.2) is 0 Å². The van der Waals surface area contributed by atoms with Crippen molar-refractivity contribution in [2.24, 2.45) is 0 Å². The summed E-state index contributed by atoms with van der Waals surface area (Å²) in [6, 6.07) is 9.57. The number of anilines is 1. The molecule has 0 radical (unpaired) electrons. The van der Waals surface area contributed by atoms with E-state index in [1.165, 1.54) is 0 Å². The molecular weight excluding hydrogens is 408 g/mol. The van der Waals surface area contributed by atoms with Crippen molar-refractivity contribution in [2.75, 3.05) is 18.5 Å². The minimum atomic E-state index is -0.308. The van der Waals surface area contributed by atoms with Crippen LogP contribution in [0.3, 0.4) is 0 Å². The molecule has 0 saturated carbocycles. The Morgan fingerprint density at radius 3 is 2.72 bits per heavy atom. The predicted molar refractivity (Wildman–Crippen MR) is 120 cm³/mol. The molecule has 1 aromatic carbocycles. The summed E-state index contributed by atoms with van der Waals surface area (Å²) in [5, 5.41) is 10.4. The van der Waals surface area contributed by atoms with Gasteiger partial charge in [-0.3, -0.25) is 9.59 Å². The number of amides is 2. The summed E-state index contributed by atoms with van der Waals surface area (Å²) in [6.45, 7) is 6.02. The van der Waals surface area contributed by atoms with Crippen molar-refractivity contribution in [3.05, 3.63) is 41.6 Å². The van der Waals surface area contributed by atoms with Gasteiger partial charge in [0, 0.05) is 50.3 Å². The van der Waals surface area contributed by atoms with Crippen LogP contribution >= 0.6 is 0 Å². The van der Waals surface area contributed by atoms with E-state index in [0.717, 1.165) is 42.8 Å². The fourth-order valence-corrected chi connectivity index (χ4v) is 4.52. The standard InChI is InChI=1S/C24H32N4O4/c1-3-12-28-21(15-17(2)27-28)26-23(30)9-8-22(29)25-19-16-24(10-13-31-14-11-24)32-20-7-5-4-6-18(19)20/h4-7,15,19H,3,8-14,16H2,1-2H3,(H,25,29)(H,26,30)/t19-/m1/s1. The van der Waals surface area contributed by atoms with Crippen LogP contribution in [0.4, 0.5) is 5.82 Å². The molecule has 2 aromatic rings. The first kappa shape index (κ1) is 22.3. The number of aryl methyl sites for hydroxylation is 2. The molecule has 0 aliphatic carbocycles. The second kappa shape index (κ2) is 9.73. The minimum Gasteiger partial charge on any atom is -0.487 e. The van der Waals surface area contributed by atoms with Gasteiger partial charge < -0.3 is 20.1 Å².